The fourth-order valence-electron chi connectivity index (χ4n) is 1.72. The van der Waals surface area contributed by atoms with Gasteiger partial charge in [-0.2, -0.15) is 0 Å². The predicted octanol–water partition coefficient (Wildman–Crippen LogP) is 3.33. The monoisotopic (exact) mass is 384 g/mol. The van der Waals surface area contributed by atoms with E-state index >= 15 is 0 Å². The molecule has 0 spiro atoms. The lowest BCUT2D eigenvalue weighted by Crippen LogP contribution is -1.93. The Hall–Kier alpha value is -2.28. The van der Waals surface area contributed by atoms with Crippen LogP contribution in [0.4, 0.5) is 11.4 Å². The van der Waals surface area contributed by atoms with Gasteiger partial charge in [-0.25, -0.2) is 0 Å². The van der Waals surface area contributed by atoms with Gasteiger partial charge in [0, 0.05) is 34.0 Å². The molecule has 0 radical (unpaired) electrons. The molecule has 0 atom stereocenters. The summed E-state index contributed by atoms with van der Waals surface area (Å²) >= 11 is 3.29. The van der Waals surface area contributed by atoms with Gasteiger partial charge in [0.2, 0.25) is 0 Å². The molecule has 7 heteroatoms. The van der Waals surface area contributed by atoms with Crippen molar-refractivity contribution in [2.45, 2.75) is 0 Å². The third kappa shape index (κ3) is 5.14. The molecule has 0 bridgehead atoms. The predicted molar refractivity (Wildman–Crippen MR) is 95.6 cm³/mol. The highest BCUT2D eigenvalue weighted by Crippen LogP contribution is 2.34. The van der Waals surface area contributed by atoms with Crippen LogP contribution in [-0.4, -0.2) is 28.4 Å². The molecule has 0 aromatic heterocycles. The van der Waals surface area contributed by atoms with Crippen LogP contribution in [0.3, 0.4) is 0 Å². The maximum atomic E-state index is 5.64. The SMILES string of the molecule is COc1cc(N)c(Br)cc1OC.COc1ccc(N)cc1OC. The molecule has 0 unspecified atom stereocenters. The lowest BCUT2D eigenvalue weighted by Gasteiger charge is -2.08. The molecular formula is C16H21BrN2O4. The number of nitrogens with two attached hydrogens (primary N) is 2. The van der Waals surface area contributed by atoms with Gasteiger partial charge in [-0.05, 0) is 28.1 Å². The molecule has 0 heterocycles. The van der Waals surface area contributed by atoms with Crippen molar-refractivity contribution < 1.29 is 18.9 Å². The molecule has 0 saturated carbocycles. The minimum Gasteiger partial charge on any atom is -0.493 e. The average molecular weight is 385 g/mol. The Balaban J connectivity index is 0.000000231. The lowest BCUT2D eigenvalue weighted by atomic mass is 10.3. The zero-order valence-corrected chi connectivity index (χ0v) is 15.1. The molecule has 0 aliphatic carbocycles. The van der Waals surface area contributed by atoms with Crippen LogP contribution < -0.4 is 30.4 Å². The van der Waals surface area contributed by atoms with Crippen molar-refractivity contribution >= 4 is 27.3 Å². The highest BCUT2D eigenvalue weighted by Gasteiger charge is 2.06. The molecule has 126 valence electrons. The molecule has 2 aromatic carbocycles. The molecular weight excluding hydrogens is 364 g/mol. The minimum atomic E-state index is 0.632. The van der Waals surface area contributed by atoms with E-state index in [2.05, 4.69) is 15.9 Å². The Morgan fingerprint density at radius 1 is 0.696 bits per heavy atom. The van der Waals surface area contributed by atoms with Gasteiger partial charge < -0.3 is 30.4 Å². The third-order valence-corrected chi connectivity index (χ3v) is 3.60. The Labute approximate surface area is 144 Å². The first-order chi connectivity index (χ1) is 11.0. The zero-order valence-electron chi connectivity index (χ0n) is 13.6. The maximum Gasteiger partial charge on any atom is 0.162 e. The van der Waals surface area contributed by atoms with E-state index in [9.17, 15) is 0 Å². The molecule has 0 saturated heterocycles. The Morgan fingerprint density at radius 2 is 1.17 bits per heavy atom. The number of hydrogen-bond acceptors (Lipinski definition) is 6. The number of hydrogen-bond donors (Lipinski definition) is 2. The second-order valence-electron chi connectivity index (χ2n) is 4.34. The second kappa shape index (κ2) is 8.99. The second-order valence-corrected chi connectivity index (χ2v) is 5.20. The molecule has 6 nitrogen and oxygen atoms in total. The maximum absolute atomic E-state index is 5.64. The van der Waals surface area contributed by atoms with Crippen LogP contribution in [-0.2, 0) is 0 Å². The number of methoxy groups -OCH3 is 4. The van der Waals surface area contributed by atoms with Crippen molar-refractivity contribution in [1.82, 2.24) is 0 Å². The molecule has 2 aromatic rings. The van der Waals surface area contributed by atoms with Gasteiger partial charge in [-0.1, -0.05) is 0 Å². The van der Waals surface area contributed by atoms with E-state index in [1.807, 2.05) is 0 Å². The highest BCUT2D eigenvalue weighted by molar-refractivity contribution is 9.10. The first kappa shape index (κ1) is 18.8. The van der Waals surface area contributed by atoms with Crippen LogP contribution in [0.15, 0.2) is 34.8 Å². The van der Waals surface area contributed by atoms with Gasteiger partial charge in [0.15, 0.2) is 23.0 Å². The summed E-state index contributed by atoms with van der Waals surface area (Å²) in [7, 11) is 6.33. The smallest absolute Gasteiger partial charge is 0.162 e. The summed E-state index contributed by atoms with van der Waals surface area (Å²) in [6, 6.07) is 8.74. The number of halogens is 1. The lowest BCUT2D eigenvalue weighted by molar-refractivity contribution is 0.355. The number of anilines is 2. The fraction of sp³-hybridized carbons (Fsp3) is 0.250. The summed E-state index contributed by atoms with van der Waals surface area (Å²) in [4.78, 5) is 0. The summed E-state index contributed by atoms with van der Waals surface area (Å²) in [5.74, 6) is 2.66. The average Bonchev–Trinajstić information content (AvgIpc) is 2.57. The van der Waals surface area contributed by atoms with Crippen molar-refractivity contribution in [2.24, 2.45) is 0 Å². The number of nitrogen functional groups attached to an aromatic ring is 2. The van der Waals surface area contributed by atoms with Crippen molar-refractivity contribution in [3.8, 4) is 23.0 Å². The van der Waals surface area contributed by atoms with Crippen molar-refractivity contribution in [2.75, 3.05) is 39.9 Å². The first-order valence-corrected chi connectivity index (χ1v) is 7.40. The minimum absolute atomic E-state index is 0.632. The van der Waals surface area contributed by atoms with Crippen LogP contribution in [0, 0.1) is 0 Å². The van der Waals surface area contributed by atoms with E-state index in [4.69, 9.17) is 30.4 Å². The van der Waals surface area contributed by atoms with E-state index in [0.29, 0.717) is 34.4 Å². The van der Waals surface area contributed by atoms with Gasteiger partial charge in [-0.15, -0.1) is 0 Å². The highest BCUT2D eigenvalue weighted by atomic mass is 79.9. The molecule has 4 N–H and O–H groups in total. The summed E-state index contributed by atoms with van der Waals surface area (Å²) in [5, 5.41) is 0. The van der Waals surface area contributed by atoms with Gasteiger partial charge in [-0.3, -0.25) is 0 Å². The quantitative estimate of drug-likeness (QED) is 0.785. The summed E-state index contributed by atoms with van der Waals surface area (Å²) < 4.78 is 20.9. The van der Waals surface area contributed by atoms with Gasteiger partial charge >= 0.3 is 0 Å². The molecule has 0 amide bonds. The molecule has 0 fully saturated rings. The Morgan fingerprint density at radius 3 is 1.70 bits per heavy atom. The number of rotatable bonds is 4. The van der Waals surface area contributed by atoms with E-state index in [-0.39, 0.29) is 0 Å². The van der Waals surface area contributed by atoms with E-state index in [0.717, 1.165) is 4.47 Å². The van der Waals surface area contributed by atoms with E-state index in [1.165, 1.54) is 0 Å². The standard InChI is InChI=1S/C8H10BrNO2.C8H11NO2/c1-11-7-3-5(9)6(10)4-8(7)12-2;1-10-7-4-3-6(9)5-8(7)11-2/h3-4H,10H2,1-2H3;3-5H,9H2,1-2H3. The molecule has 0 aliphatic rings. The summed E-state index contributed by atoms with van der Waals surface area (Å²) in [6.07, 6.45) is 0. The largest absolute Gasteiger partial charge is 0.493 e. The summed E-state index contributed by atoms with van der Waals surface area (Å²) in [6.45, 7) is 0. The third-order valence-electron chi connectivity index (χ3n) is 2.91. The van der Waals surface area contributed by atoms with Crippen molar-refractivity contribution in [1.29, 1.82) is 0 Å². The Kier molecular flexibility index (Phi) is 7.34. The summed E-state index contributed by atoms with van der Waals surface area (Å²) in [5.41, 5.74) is 12.5. The zero-order chi connectivity index (χ0) is 17.4. The van der Waals surface area contributed by atoms with E-state index in [1.54, 1.807) is 58.8 Å². The van der Waals surface area contributed by atoms with Gasteiger partial charge in [0.1, 0.15) is 0 Å². The molecule has 2 rings (SSSR count). The fourth-order valence-corrected chi connectivity index (χ4v) is 2.05. The van der Waals surface area contributed by atoms with Crippen molar-refractivity contribution in [3.63, 3.8) is 0 Å². The van der Waals surface area contributed by atoms with E-state index < -0.39 is 0 Å². The van der Waals surface area contributed by atoms with Gasteiger partial charge in [0.25, 0.3) is 0 Å². The normalized spacial score (nSPS) is 9.43. The molecule has 0 aliphatic heterocycles. The van der Waals surface area contributed by atoms with Crippen LogP contribution >= 0.6 is 15.9 Å². The number of ether oxygens (including phenoxy) is 4. The Bertz CT molecular complexity index is 621. The topological polar surface area (TPSA) is 89.0 Å². The number of benzene rings is 2. The van der Waals surface area contributed by atoms with Crippen LogP contribution in [0.5, 0.6) is 23.0 Å². The van der Waals surface area contributed by atoms with Crippen LogP contribution in [0.1, 0.15) is 0 Å². The van der Waals surface area contributed by atoms with Crippen molar-refractivity contribution in [3.05, 3.63) is 34.8 Å². The van der Waals surface area contributed by atoms with Gasteiger partial charge in [0.05, 0.1) is 28.4 Å². The van der Waals surface area contributed by atoms with Crippen LogP contribution in [0.25, 0.3) is 0 Å². The first-order valence-electron chi connectivity index (χ1n) is 6.61. The molecule has 23 heavy (non-hydrogen) atoms. The van der Waals surface area contributed by atoms with Crippen LogP contribution in [0.2, 0.25) is 0 Å².